The molecule has 0 bridgehead atoms. The number of nitrogens with one attached hydrogen (secondary N) is 1. The highest BCUT2D eigenvalue weighted by Crippen LogP contribution is 2.22. The second-order valence-electron chi connectivity index (χ2n) is 7.53. The number of nitrogens with zero attached hydrogens (tertiary/aromatic N) is 1. The van der Waals surface area contributed by atoms with Crippen LogP contribution in [0.2, 0.25) is 0 Å². The molecule has 0 spiro atoms. The van der Waals surface area contributed by atoms with Crippen molar-refractivity contribution >= 4 is 29.5 Å². The van der Waals surface area contributed by atoms with Crippen molar-refractivity contribution in [1.82, 2.24) is 10.2 Å². The van der Waals surface area contributed by atoms with Crippen molar-refractivity contribution < 1.29 is 19.1 Å². The number of thioether (sulfide) groups is 1. The molecular formula is C20H30N2O4S. The molecule has 6 nitrogen and oxygen atoms in total. The molecule has 2 amide bonds. The van der Waals surface area contributed by atoms with Crippen molar-refractivity contribution in [2.24, 2.45) is 0 Å². The summed E-state index contributed by atoms with van der Waals surface area (Å²) in [5.74, 6) is -0.558. The second-order valence-corrected chi connectivity index (χ2v) is 8.52. The van der Waals surface area contributed by atoms with Gasteiger partial charge in [0.15, 0.2) is 6.61 Å². The first-order chi connectivity index (χ1) is 12.6. The maximum Gasteiger partial charge on any atom is 0.329 e. The molecule has 1 rings (SSSR count). The van der Waals surface area contributed by atoms with E-state index in [1.165, 1.54) is 4.90 Å². The van der Waals surface area contributed by atoms with Crippen molar-refractivity contribution in [2.45, 2.75) is 38.6 Å². The molecule has 150 valence electrons. The van der Waals surface area contributed by atoms with Gasteiger partial charge in [0.25, 0.3) is 11.8 Å². The molecule has 1 atom stereocenters. The first-order valence-corrected chi connectivity index (χ1v) is 10.2. The number of amides is 2. The quantitative estimate of drug-likeness (QED) is 0.686. The maximum atomic E-state index is 12.5. The number of carbonyl (C=O) groups is 3. The van der Waals surface area contributed by atoms with Crippen LogP contribution in [0.15, 0.2) is 24.3 Å². The highest BCUT2D eigenvalue weighted by Gasteiger charge is 2.24. The van der Waals surface area contributed by atoms with Crippen LogP contribution >= 0.6 is 11.8 Å². The number of benzene rings is 1. The van der Waals surface area contributed by atoms with Gasteiger partial charge < -0.3 is 15.0 Å². The van der Waals surface area contributed by atoms with E-state index in [-0.39, 0.29) is 23.8 Å². The Morgan fingerprint density at radius 1 is 1.15 bits per heavy atom. The molecule has 0 unspecified atom stereocenters. The van der Waals surface area contributed by atoms with E-state index in [0.29, 0.717) is 17.7 Å². The van der Waals surface area contributed by atoms with Crippen LogP contribution in [0.3, 0.4) is 0 Å². The molecule has 0 heterocycles. The molecule has 0 aliphatic heterocycles. The van der Waals surface area contributed by atoms with E-state index < -0.39 is 12.0 Å². The summed E-state index contributed by atoms with van der Waals surface area (Å²) < 4.78 is 5.07. The molecule has 0 aliphatic carbocycles. The standard InChI is InChI=1S/C20H30N2O4S/c1-20(2,3)15-9-7-14(8-10-15)18(24)21-16(11-12-27-6)19(25)26-13-17(23)22(4)5/h7-10,16H,11-13H2,1-6H3,(H,21,24)/t16-/m0/s1. The summed E-state index contributed by atoms with van der Waals surface area (Å²) in [5, 5.41) is 2.73. The van der Waals surface area contributed by atoms with Crippen LogP contribution in [0.25, 0.3) is 0 Å². The molecule has 1 N–H and O–H groups in total. The number of likely N-dealkylation sites (N-methyl/N-ethyl adjacent to an activating group) is 1. The molecule has 27 heavy (non-hydrogen) atoms. The Labute approximate surface area is 166 Å². The lowest BCUT2D eigenvalue weighted by Gasteiger charge is -2.20. The summed E-state index contributed by atoms with van der Waals surface area (Å²) in [4.78, 5) is 37.8. The van der Waals surface area contributed by atoms with Gasteiger partial charge in [0.05, 0.1) is 0 Å². The summed E-state index contributed by atoms with van der Waals surface area (Å²) in [6.45, 7) is 5.97. The fourth-order valence-corrected chi connectivity index (χ4v) is 2.68. The fraction of sp³-hybridized carbons (Fsp3) is 0.550. The monoisotopic (exact) mass is 394 g/mol. The van der Waals surface area contributed by atoms with Crippen LogP contribution in [0.5, 0.6) is 0 Å². The Balaban J connectivity index is 2.78. The molecule has 0 aromatic heterocycles. The van der Waals surface area contributed by atoms with Crippen LogP contribution in [0, 0.1) is 0 Å². The van der Waals surface area contributed by atoms with Gasteiger partial charge in [-0.25, -0.2) is 4.79 Å². The van der Waals surface area contributed by atoms with E-state index in [2.05, 4.69) is 26.1 Å². The zero-order valence-electron chi connectivity index (χ0n) is 17.0. The zero-order chi connectivity index (χ0) is 20.6. The topological polar surface area (TPSA) is 75.7 Å². The van der Waals surface area contributed by atoms with Crippen LogP contribution in [-0.2, 0) is 19.7 Å². The Bertz CT molecular complexity index is 651. The van der Waals surface area contributed by atoms with Crippen molar-refractivity contribution in [3.8, 4) is 0 Å². The Morgan fingerprint density at radius 3 is 2.22 bits per heavy atom. The summed E-state index contributed by atoms with van der Waals surface area (Å²) in [7, 11) is 3.18. The molecule has 0 fully saturated rings. The number of hydrogen-bond donors (Lipinski definition) is 1. The second kappa shape index (κ2) is 10.3. The summed E-state index contributed by atoms with van der Waals surface area (Å²) in [5.41, 5.74) is 1.60. The van der Waals surface area contributed by atoms with Crippen molar-refractivity contribution in [1.29, 1.82) is 0 Å². The van der Waals surface area contributed by atoms with Gasteiger partial charge in [-0.3, -0.25) is 9.59 Å². The van der Waals surface area contributed by atoms with Crippen LogP contribution in [-0.4, -0.2) is 61.4 Å². The number of rotatable bonds is 8. The van der Waals surface area contributed by atoms with Gasteiger partial charge in [0, 0.05) is 19.7 Å². The Kier molecular flexibility index (Phi) is 8.82. The average molecular weight is 395 g/mol. The van der Waals surface area contributed by atoms with Crippen molar-refractivity contribution in [3.63, 3.8) is 0 Å². The summed E-state index contributed by atoms with van der Waals surface area (Å²) in [6, 6.07) is 6.55. The molecule has 0 saturated carbocycles. The molecule has 0 saturated heterocycles. The number of carbonyl (C=O) groups excluding carboxylic acids is 3. The highest BCUT2D eigenvalue weighted by atomic mass is 32.2. The lowest BCUT2D eigenvalue weighted by molar-refractivity contribution is -0.152. The first-order valence-electron chi connectivity index (χ1n) is 8.83. The van der Waals surface area contributed by atoms with E-state index in [4.69, 9.17) is 4.74 Å². The van der Waals surface area contributed by atoms with Gasteiger partial charge in [-0.2, -0.15) is 11.8 Å². The zero-order valence-corrected chi connectivity index (χ0v) is 17.8. The van der Waals surface area contributed by atoms with E-state index >= 15 is 0 Å². The van der Waals surface area contributed by atoms with E-state index in [9.17, 15) is 14.4 Å². The highest BCUT2D eigenvalue weighted by molar-refractivity contribution is 7.98. The van der Waals surface area contributed by atoms with Gasteiger partial charge >= 0.3 is 5.97 Å². The van der Waals surface area contributed by atoms with E-state index in [0.717, 1.165) is 5.56 Å². The third-order valence-electron chi connectivity index (χ3n) is 4.05. The molecule has 1 aromatic carbocycles. The summed E-state index contributed by atoms with van der Waals surface area (Å²) >= 11 is 1.57. The largest absolute Gasteiger partial charge is 0.454 e. The van der Waals surface area contributed by atoms with Gasteiger partial charge in [0.1, 0.15) is 6.04 Å². The average Bonchev–Trinajstić information content (AvgIpc) is 2.61. The fourth-order valence-electron chi connectivity index (χ4n) is 2.21. The summed E-state index contributed by atoms with van der Waals surface area (Å²) in [6.07, 6.45) is 2.35. The minimum Gasteiger partial charge on any atom is -0.454 e. The lowest BCUT2D eigenvalue weighted by Crippen LogP contribution is -2.43. The smallest absolute Gasteiger partial charge is 0.329 e. The Hall–Kier alpha value is -2.02. The van der Waals surface area contributed by atoms with Gasteiger partial charge in [-0.05, 0) is 41.5 Å². The van der Waals surface area contributed by atoms with Gasteiger partial charge in [-0.15, -0.1) is 0 Å². The van der Waals surface area contributed by atoms with Crippen LogP contribution in [0.1, 0.15) is 43.1 Å². The van der Waals surface area contributed by atoms with Gasteiger partial charge in [0.2, 0.25) is 0 Å². The molecule has 0 aliphatic rings. The predicted octanol–water partition coefficient (Wildman–Crippen LogP) is 2.47. The molecule has 0 radical (unpaired) electrons. The molecule has 7 heteroatoms. The molecule has 1 aromatic rings. The van der Waals surface area contributed by atoms with Crippen LogP contribution in [0.4, 0.5) is 0 Å². The minimum atomic E-state index is -0.790. The van der Waals surface area contributed by atoms with Crippen LogP contribution < -0.4 is 5.32 Å². The van der Waals surface area contributed by atoms with E-state index in [1.807, 2.05) is 18.4 Å². The van der Waals surface area contributed by atoms with E-state index in [1.54, 1.807) is 38.0 Å². The number of ether oxygens (including phenoxy) is 1. The lowest BCUT2D eigenvalue weighted by atomic mass is 9.86. The van der Waals surface area contributed by atoms with Crippen molar-refractivity contribution in [3.05, 3.63) is 35.4 Å². The maximum absolute atomic E-state index is 12.5. The normalized spacial score (nSPS) is 12.2. The first kappa shape index (κ1) is 23.0. The number of hydrogen-bond acceptors (Lipinski definition) is 5. The van der Waals surface area contributed by atoms with Gasteiger partial charge in [-0.1, -0.05) is 32.9 Å². The predicted molar refractivity (Wildman–Crippen MR) is 109 cm³/mol. The third kappa shape index (κ3) is 7.62. The molecular weight excluding hydrogens is 364 g/mol. The third-order valence-corrected chi connectivity index (χ3v) is 4.69. The Morgan fingerprint density at radius 2 is 1.74 bits per heavy atom. The minimum absolute atomic E-state index is 0.00132. The van der Waals surface area contributed by atoms with Crippen molar-refractivity contribution in [2.75, 3.05) is 32.7 Å². The SMILES string of the molecule is CSCC[C@H](NC(=O)c1ccc(C(C)(C)C)cc1)C(=O)OCC(=O)N(C)C. The number of esters is 1.